The number of anilines is 1. The lowest BCUT2D eigenvalue weighted by atomic mass is 10.0. The number of piperidine rings is 1. The molecule has 0 spiro atoms. The van der Waals surface area contributed by atoms with Crippen molar-refractivity contribution in [2.45, 2.75) is 25.8 Å². The molecule has 0 radical (unpaired) electrons. The van der Waals surface area contributed by atoms with Crippen molar-refractivity contribution in [3.63, 3.8) is 0 Å². The summed E-state index contributed by atoms with van der Waals surface area (Å²) in [4.78, 5) is 9.77. The van der Waals surface area contributed by atoms with Crippen LogP contribution in [-0.4, -0.2) is 65.5 Å². The highest BCUT2D eigenvalue weighted by Gasteiger charge is 2.26. The van der Waals surface area contributed by atoms with Crippen molar-refractivity contribution in [1.82, 2.24) is 20.1 Å². The van der Waals surface area contributed by atoms with Gasteiger partial charge in [0.2, 0.25) is 0 Å². The Balaban J connectivity index is 1.33. The minimum Gasteiger partial charge on any atom is -0.379 e. The number of nitrogens with zero attached hydrogens (tertiary/aromatic N) is 5. The summed E-state index contributed by atoms with van der Waals surface area (Å²) in [5, 5.41) is 12.8. The average Bonchev–Trinajstić information content (AvgIpc) is 3.20. The lowest BCUT2D eigenvalue weighted by Gasteiger charge is -2.40. The van der Waals surface area contributed by atoms with Crippen LogP contribution in [0.4, 0.5) is 5.82 Å². The Kier molecular flexibility index (Phi) is 4.96. The van der Waals surface area contributed by atoms with Crippen LogP contribution in [0.25, 0.3) is 21.3 Å². The Morgan fingerprint density at radius 1 is 1.00 bits per heavy atom. The van der Waals surface area contributed by atoms with Crippen molar-refractivity contribution in [2.75, 3.05) is 44.3 Å². The first-order valence-electron chi connectivity index (χ1n) is 10.0. The van der Waals surface area contributed by atoms with E-state index in [0.29, 0.717) is 6.04 Å². The summed E-state index contributed by atoms with van der Waals surface area (Å²) in [6.07, 6.45) is 4.39. The van der Waals surface area contributed by atoms with E-state index in [1.807, 2.05) is 13.1 Å². The van der Waals surface area contributed by atoms with Crippen LogP contribution < -0.4 is 4.90 Å². The molecule has 0 atom stereocenters. The van der Waals surface area contributed by atoms with Crippen molar-refractivity contribution in [2.24, 2.45) is 0 Å². The number of morpholine rings is 1. The van der Waals surface area contributed by atoms with Crippen molar-refractivity contribution >= 4 is 27.9 Å². The normalized spacial score (nSPS) is 19.4. The fourth-order valence-corrected chi connectivity index (χ4v) is 4.94. The van der Waals surface area contributed by atoms with Crippen molar-refractivity contribution in [3.8, 4) is 10.6 Å². The van der Waals surface area contributed by atoms with E-state index >= 15 is 0 Å². The standard InChI is InChI=1S/C21H25N5OS/c1-15-23-24-21(28-15)16-2-3-17-14-22-20(13-18(17)12-16)26-6-4-19(5-7-26)25-8-10-27-11-9-25/h2-3,12-14,19H,4-11H2,1H3. The van der Waals surface area contributed by atoms with Gasteiger partial charge in [0.15, 0.2) is 0 Å². The molecule has 2 aromatic heterocycles. The minimum absolute atomic E-state index is 0.688. The molecule has 0 aliphatic carbocycles. The molecule has 0 unspecified atom stereocenters. The zero-order valence-electron chi connectivity index (χ0n) is 16.2. The van der Waals surface area contributed by atoms with Gasteiger partial charge in [-0.1, -0.05) is 23.5 Å². The fourth-order valence-electron chi connectivity index (χ4n) is 4.25. The van der Waals surface area contributed by atoms with Gasteiger partial charge in [0.1, 0.15) is 15.8 Å². The highest BCUT2D eigenvalue weighted by molar-refractivity contribution is 7.14. The lowest BCUT2D eigenvalue weighted by Crippen LogP contribution is -2.49. The number of pyridine rings is 1. The van der Waals surface area contributed by atoms with Crippen LogP contribution in [0.15, 0.2) is 30.5 Å². The monoisotopic (exact) mass is 395 g/mol. The van der Waals surface area contributed by atoms with Crippen molar-refractivity contribution in [1.29, 1.82) is 0 Å². The number of rotatable bonds is 3. The molecule has 2 fully saturated rings. The third kappa shape index (κ3) is 3.62. The van der Waals surface area contributed by atoms with Crippen LogP contribution in [0.1, 0.15) is 17.8 Å². The summed E-state index contributed by atoms with van der Waals surface area (Å²) in [5.74, 6) is 1.08. The first-order chi connectivity index (χ1) is 13.8. The Bertz CT molecular complexity index is 960. The summed E-state index contributed by atoms with van der Waals surface area (Å²) in [7, 11) is 0. The van der Waals surface area contributed by atoms with Gasteiger partial charge >= 0.3 is 0 Å². The number of aromatic nitrogens is 3. The summed E-state index contributed by atoms with van der Waals surface area (Å²) in [6, 6.07) is 9.36. The first kappa shape index (κ1) is 18.0. The smallest absolute Gasteiger partial charge is 0.147 e. The van der Waals surface area contributed by atoms with Gasteiger partial charge in [-0.25, -0.2) is 4.98 Å². The van der Waals surface area contributed by atoms with E-state index in [4.69, 9.17) is 9.72 Å². The second-order valence-corrected chi connectivity index (χ2v) is 8.78. The van der Waals surface area contributed by atoms with E-state index in [1.54, 1.807) is 11.3 Å². The largest absolute Gasteiger partial charge is 0.379 e. The molecule has 0 N–H and O–H groups in total. The Labute approximate surface area is 169 Å². The van der Waals surface area contributed by atoms with E-state index in [0.717, 1.165) is 66.2 Å². The molecule has 0 bridgehead atoms. The number of ether oxygens (including phenoxy) is 1. The molecule has 0 saturated carbocycles. The topological polar surface area (TPSA) is 54.4 Å². The SMILES string of the molecule is Cc1nnc(-c2ccc3cnc(N4CCC(N5CCOCC5)CC4)cc3c2)s1. The molecule has 0 amide bonds. The average molecular weight is 396 g/mol. The fraction of sp³-hybridized carbons (Fsp3) is 0.476. The molecule has 1 aromatic carbocycles. The number of benzene rings is 1. The molecule has 146 valence electrons. The van der Waals surface area contributed by atoms with Gasteiger partial charge < -0.3 is 9.64 Å². The highest BCUT2D eigenvalue weighted by Crippen LogP contribution is 2.29. The minimum atomic E-state index is 0.688. The Hall–Kier alpha value is -2.09. The van der Waals surface area contributed by atoms with Crippen LogP contribution in [0.2, 0.25) is 0 Å². The Morgan fingerprint density at radius 3 is 2.57 bits per heavy atom. The summed E-state index contributed by atoms with van der Waals surface area (Å²) < 4.78 is 5.50. The van der Waals surface area contributed by atoms with E-state index in [9.17, 15) is 0 Å². The first-order valence-corrected chi connectivity index (χ1v) is 10.8. The molecule has 3 aromatic rings. The molecule has 7 heteroatoms. The molecule has 2 saturated heterocycles. The van der Waals surface area contributed by atoms with E-state index in [2.05, 4.69) is 44.3 Å². The third-order valence-corrected chi connectivity index (χ3v) is 6.72. The highest BCUT2D eigenvalue weighted by atomic mass is 32.1. The molecule has 2 aliphatic heterocycles. The molecular formula is C21H25N5OS. The molecule has 6 nitrogen and oxygen atoms in total. The van der Waals surface area contributed by atoms with Crippen molar-refractivity contribution in [3.05, 3.63) is 35.5 Å². The lowest BCUT2D eigenvalue weighted by molar-refractivity contribution is 0.0115. The number of aryl methyl sites for hydroxylation is 1. The molecule has 2 aliphatic rings. The summed E-state index contributed by atoms with van der Waals surface area (Å²) in [5.41, 5.74) is 1.13. The number of hydrogen-bond donors (Lipinski definition) is 0. The van der Waals surface area contributed by atoms with E-state index < -0.39 is 0 Å². The van der Waals surface area contributed by atoms with Crippen LogP contribution in [-0.2, 0) is 4.74 Å². The quantitative estimate of drug-likeness (QED) is 0.678. The van der Waals surface area contributed by atoms with Crippen LogP contribution in [0, 0.1) is 6.92 Å². The summed E-state index contributed by atoms with van der Waals surface area (Å²) >= 11 is 1.63. The maximum atomic E-state index is 5.50. The van der Waals surface area contributed by atoms with Gasteiger partial charge in [0.25, 0.3) is 0 Å². The van der Waals surface area contributed by atoms with Gasteiger partial charge in [-0.15, -0.1) is 10.2 Å². The third-order valence-electron chi connectivity index (χ3n) is 5.83. The van der Waals surface area contributed by atoms with Crippen LogP contribution in [0.3, 0.4) is 0 Å². The Morgan fingerprint density at radius 2 is 1.82 bits per heavy atom. The van der Waals surface area contributed by atoms with Crippen molar-refractivity contribution < 1.29 is 4.74 Å². The second kappa shape index (κ2) is 7.73. The summed E-state index contributed by atoms with van der Waals surface area (Å²) in [6.45, 7) is 8.03. The van der Waals surface area contributed by atoms with Gasteiger partial charge in [0, 0.05) is 49.4 Å². The second-order valence-electron chi connectivity index (χ2n) is 7.60. The maximum Gasteiger partial charge on any atom is 0.147 e. The van der Waals surface area contributed by atoms with E-state index in [-0.39, 0.29) is 0 Å². The molecular weight excluding hydrogens is 370 g/mol. The molecule has 28 heavy (non-hydrogen) atoms. The predicted octanol–water partition coefficient (Wildman–Crippen LogP) is 3.36. The van der Waals surface area contributed by atoms with E-state index in [1.165, 1.54) is 18.2 Å². The van der Waals surface area contributed by atoms with Gasteiger partial charge in [-0.05, 0) is 37.3 Å². The maximum absolute atomic E-state index is 5.50. The molecule has 5 rings (SSSR count). The molecule has 4 heterocycles. The predicted molar refractivity (Wildman–Crippen MR) is 113 cm³/mol. The zero-order valence-corrected chi connectivity index (χ0v) is 17.0. The van der Waals surface area contributed by atoms with Gasteiger partial charge in [-0.3, -0.25) is 4.90 Å². The zero-order chi connectivity index (χ0) is 18.9. The van der Waals surface area contributed by atoms with Gasteiger partial charge in [-0.2, -0.15) is 0 Å². The van der Waals surface area contributed by atoms with Crippen LogP contribution >= 0.6 is 11.3 Å². The van der Waals surface area contributed by atoms with Crippen LogP contribution in [0.5, 0.6) is 0 Å². The number of fused-ring (bicyclic) bond motifs is 1. The number of hydrogen-bond acceptors (Lipinski definition) is 7. The van der Waals surface area contributed by atoms with Gasteiger partial charge in [0.05, 0.1) is 13.2 Å².